The highest BCUT2D eigenvalue weighted by Crippen LogP contribution is 2.30. The van der Waals surface area contributed by atoms with E-state index in [9.17, 15) is 18.0 Å². The number of hydrogen-bond acceptors (Lipinski definition) is 5. The molecule has 0 unspecified atom stereocenters. The van der Waals surface area contributed by atoms with Crippen molar-refractivity contribution in [1.29, 1.82) is 0 Å². The molecule has 0 radical (unpaired) electrons. The number of nitrogens with zero attached hydrogens (tertiary/aromatic N) is 3. The summed E-state index contributed by atoms with van der Waals surface area (Å²) >= 11 is 0. The third kappa shape index (κ3) is 4.74. The molecule has 152 valence electrons. The maximum atomic E-state index is 13.9. The van der Waals surface area contributed by atoms with Gasteiger partial charge in [0.1, 0.15) is 11.3 Å². The standard InChI is InChI=1S/C20H18F3N3O3/c1-3-28-17-8-12(4-5-16(17)29-20(22)23)11-26(2)19(27)14-9-13(21)10-15-18(14)25-7-6-24-15/h4-10,20H,3,11H2,1-2H3. The smallest absolute Gasteiger partial charge is 0.387 e. The molecule has 2 aromatic carbocycles. The number of halogens is 3. The Morgan fingerprint density at radius 1 is 1.14 bits per heavy atom. The van der Waals surface area contributed by atoms with Gasteiger partial charge in [0, 0.05) is 32.1 Å². The van der Waals surface area contributed by atoms with Gasteiger partial charge in [-0.3, -0.25) is 14.8 Å². The van der Waals surface area contributed by atoms with Gasteiger partial charge in [0.25, 0.3) is 5.91 Å². The fraction of sp³-hybridized carbons (Fsp3) is 0.250. The molecule has 0 N–H and O–H groups in total. The second-order valence-corrected chi connectivity index (χ2v) is 6.13. The summed E-state index contributed by atoms with van der Waals surface area (Å²) in [6.45, 7) is -0.880. The lowest BCUT2D eigenvalue weighted by atomic mass is 10.1. The maximum Gasteiger partial charge on any atom is 0.387 e. The van der Waals surface area contributed by atoms with E-state index in [0.29, 0.717) is 11.1 Å². The van der Waals surface area contributed by atoms with Crippen LogP contribution in [0.1, 0.15) is 22.8 Å². The zero-order chi connectivity index (χ0) is 21.0. The minimum atomic E-state index is -2.98. The molecule has 1 heterocycles. The monoisotopic (exact) mass is 405 g/mol. The third-order valence-corrected chi connectivity index (χ3v) is 4.06. The van der Waals surface area contributed by atoms with E-state index in [0.717, 1.165) is 6.07 Å². The second-order valence-electron chi connectivity index (χ2n) is 6.13. The number of ether oxygens (including phenoxy) is 2. The van der Waals surface area contributed by atoms with Crippen LogP contribution in [-0.4, -0.2) is 41.0 Å². The van der Waals surface area contributed by atoms with Crippen molar-refractivity contribution in [1.82, 2.24) is 14.9 Å². The lowest BCUT2D eigenvalue weighted by molar-refractivity contribution is -0.0514. The van der Waals surface area contributed by atoms with E-state index in [1.54, 1.807) is 20.0 Å². The molecule has 3 rings (SSSR count). The zero-order valence-electron chi connectivity index (χ0n) is 15.7. The summed E-state index contributed by atoms with van der Waals surface area (Å²) in [7, 11) is 1.54. The molecule has 3 aromatic rings. The van der Waals surface area contributed by atoms with E-state index < -0.39 is 18.3 Å². The van der Waals surface area contributed by atoms with Crippen molar-refractivity contribution in [2.24, 2.45) is 0 Å². The van der Waals surface area contributed by atoms with Gasteiger partial charge in [0.2, 0.25) is 0 Å². The molecule has 0 aliphatic heterocycles. The van der Waals surface area contributed by atoms with Gasteiger partial charge in [0.05, 0.1) is 17.7 Å². The topological polar surface area (TPSA) is 64.5 Å². The van der Waals surface area contributed by atoms with Crippen molar-refractivity contribution >= 4 is 16.9 Å². The Kier molecular flexibility index (Phi) is 6.16. The predicted octanol–water partition coefficient (Wildman–Crippen LogP) is 4.04. The number of amides is 1. The van der Waals surface area contributed by atoms with Crippen LogP contribution in [0, 0.1) is 5.82 Å². The first-order valence-electron chi connectivity index (χ1n) is 8.75. The van der Waals surface area contributed by atoms with Crippen molar-refractivity contribution < 1.29 is 27.4 Å². The summed E-state index contributed by atoms with van der Waals surface area (Å²) in [5.74, 6) is -0.998. The fourth-order valence-electron chi connectivity index (χ4n) is 2.87. The van der Waals surface area contributed by atoms with Gasteiger partial charge in [-0.2, -0.15) is 8.78 Å². The van der Waals surface area contributed by atoms with Crippen molar-refractivity contribution in [3.63, 3.8) is 0 Å². The number of fused-ring (bicyclic) bond motifs is 1. The quantitative estimate of drug-likeness (QED) is 0.594. The van der Waals surface area contributed by atoms with Crippen LogP contribution in [0.4, 0.5) is 13.2 Å². The molecular formula is C20H18F3N3O3. The highest BCUT2D eigenvalue weighted by Gasteiger charge is 2.19. The molecule has 9 heteroatoms. The lowest BCUT2D eigenvalue weighted by Crippen LogP contribution is -2.26. The molecule has 0 spiro atoms. The first-order chi connectivity index (χ1) is 13.9. The van der Waals surface area contributed by atoms with Crippen LogP contribution in [0.3, 0.4) is 0 Å². The number of carbonyl (C=O) groups is 1. The van der Waals surface area contributed by atoms with Crippen LogP contribution < -0.4 is 9.47 Å². The van der Waals surface area contributed by atoms with Gasteiger partial charge in [-0.25, -0.2) is 4.39 Å². The predicted molar refractivity (Wildman–Crippen MR) is 99.5 cm³/mol. The molecule has 0 aliphatic rings. The molecule has 0 aliphatic carbocycles. The van der Waals surface area contributed by atoms with Gasteiger partial charge >= 0.3 is 6.61 Å². The van der Waals surface area contributed by atoms with Crippen molar-refractivity contribution in [2.75, 3.05) is 13.7 Å². The SMILES string of the molecule is CCOc1cc(CN(C)C(=O)c2cc(F)cc3nccnc23)ccc1OC(F)F. The summed E-state index contributed by atoms with van der Waals surface area (Å²) in [5.41, 5.74) is 1.27. The largest absolute Gasteiger partial charge is 0.490 e. The van der Waals surface area contributed by atoms with Crippen LogP contribution in [0.25, 0.3) is 11.0 Å². The first kappa shape index (κ1) is 20.4. The number of benzene rings is 2. The van der Waals surface area contributed by atoms with Crippen LogP contribution in [0.5, 0.6) is 11.5 Å². The van der Waals surface area contributed by atoms with Crippen LogP contribution in [-0.2, 0) is 6.54 Å². The Bertz CT molecular complexity index is 1030. The highest BCUT2D eigenvalue weighted by molar-refractivity contribution is 6.04. The average Bonchev–Trinajstić information content (AvgIpc) is 2.68. The van der Waals surface area contributed by atoms with Crippen molar-refractivity contribution in [3.05, 3.63) is 59.7 Å². The number of hydrogen-bond donors (Lipinski definition) is 0. The summed E-state index contributed by atoms with van der Waals surface area (Å²) in [6, 6.07) is 6.74. The minimum absolute atomic E-state index is 0.0817. The molecule has 0 bridgehead atoms. The summed E-state index contributed by atoms with van der Waals surface area (Å²) in [6.07, 6.45) is 2.84. The Hall–Kier alpha value is -3.36. The highest BCUT2D eigenvalue weighted by atomic mass is 19.3. The van der Waals surface area contributed by atoms with Crippen molar-refractivity contribution in [2.45, 2.75) is 20.1 Å². The second kappa shape index (κ2) is 8.76. The van der Waals surface area contributed by atoms with E-state index in [2.05, 4.69) is 14.7 Å². The van der Waals surface area contributed by atoms with Crippen LogP contribution in [0.2, 0.25) is 0 Å². The average molecular weight is 405 g/mol. The van der Waals surface area contributed by atoms with Gasteiger partial charge < -0.3 is 14.4 Å². The molecule has 1 aromatic heterocycles. The summed E-state index contributed by atoms with van der Waals surface area (Å²) in [4.78, 5) is 22.4. The Balaban J connectivity index is 1.86. The van der Waals surface area contributed by atoms with E-state index in [-0.39, 0.29) is 35.7 Å². The molecule has 29 heavy (non-hydrogen) atoms. The van der Waals surface area contributed by atoms with E-state index in [4.69, 9.17) is 4.74 Å². The zero-order valence-corrected chi connectivity index (χ0v) is 15.7. The maximum absolute atomic E-state index is 13.9. The van der Waals surface area contributed by atoms with Gasteiger partial charge in [-0.15, -0.1) is 0 Å². The Labute approximate surface area is 164 Å². The number of carbonyl (C=O) groups excluding carboxylic acids is 1. The number of alkyl halides is 2. The van der Waals surface area contributed by atoms with Gasteiger partial charge in [-0.1, -0.05) is 6.07 Å². The van der Waals surface area contributed by atoms with Crippen molar-refractivity contribution in [3.8, 4) is 11.5 Å². The lowest BCUT2D eigenvalue weighted by Gasteiger charge is -2.19. The molecule has 1 amide bonds. The van der Waals surface area contributed by atoms with Crippen LogP contribution in [0.15, 0.2) is 42.7 Å². The minimum Gasteiger partial charge on any atom is -0.490 e. The van der Waals surface area contributed by atoms with E-state index in [1.807, 2.05) is 0 Å². The van der Waals surface area contributed by atoms with E-state index in [1.165, 1.54) is 35.5 Å². The van der Waals surface area contributed by atoms with E-state index >= 15 is 0 Å². The summed E-state index contributed by atoms with van der Waals surface area (Å²) < 4.78 is 48.8. The normalized spacial score (nSPS) is 11.0. The molecule has 0 saturated heterocycles. The Morgan fingerprint density at radius 3 is 2.62 bits per heavy atom. The summed E-state index contributed by atoms with van der Waals surface area (Å²) in [5, 5.41) is 0. The Morgan fingerprint density at radius 2 is 1.90 bits per heavy atom. The number of rotatable bonds is 7. The third-order valence-electron chi connectivity index (χ3n) is 4.06. The van der Waals surface area contributed by atoms with Gasteiger partial charge in [-0.05, 0) is 30.7 Å². The molecular weight excluding hydrogens is 387 g/mol. The fourth-order valence-corrected chi connectivity index (χ4v) is 2.87. The first-order valence-corrected chi connectivity index (χ1v) is 8.75. The molecule has 0 atom stereocenters. The molecule has 0 fully saturated rings. The van der Waals surface area contributed by atoms with Crippen LogP contribution >= 0.6 is 0 Å². The van der Waals surface area contributed by atoms with Gasteiger partial charge in [0.15, 0.2) is 11.5 Å². The molecule has 6 nitrogen and oxygen atoms in total. The molecule has 0 saturated carbocycles. The number of aromatic nitrogens is 2.